The lowest BCUT2D eigenvalue weighted by atomic mass is 10.2. The number of pyridine rings is 1. The maximum absolute atomic E-state index is 12.3. The Morgan fingerprint density at radius 1 is 1.29 bits per heavy atom. The van der Waals surface area contributed by atoms with Crippen molar-refractivity contribution in [2.75, 3.05) is 7.11 Å². The molecular formula is C14H13N3O3S. The predicted octanol–water partition coefficient (Wildman–Crippen LogP) is 1.44. The molecule has 7 heteroatoms. The van der Waals surface area contributed by atoms with Crippen LogP contribution in [-0.4, -0.2) is 20.5 Å². The highest BCUT2D eigenvalue weighted by Crippen LogP contribution is 2.17. The van der Waals surface area contributed by atoms with Gasteiger partial charge in [-0.2, -0.15) is 5.26 Å². The van der Waals surface area contributed by atoms with Crippen LogP contribution in [0.1, 0.15) is 11.1 Å². The molecular weight excluding hydrogens is 290 g/mol. The van der Waals surface area contributed by atoms with Crippen molar-refractivity contribution in [2.45, 2.75) is 11.4 Å². The number of hydrogen-bond donors (Lipinski definition) is 1. The van der Waals surface area contributed by atoms with Gasteiger partial charge in [-0.15, -0.1) is 0 Å². The van der Waals surface area contributed by atoms with Crippen molar-refractivity contribution in [1.82, 2.24) is 9.71 Å². The summed E-state index contributed by atoms with van der Waals surface area (Å²) < 4.78 is 32.0. The molecule has 21 heavy (non-hydrogen) atoms. The van der Waals surface area contributed by atoms with E-state index in [1.165, 1.54) is 19.2 Å². The summed E-state index contributed by atoms with van der Waals surface area (Å²) in [5, 5.41) is 8.98. The summed E-state index contributed by atoms with van der Waals surface area (Å²) in [6.07, 6.45) is 1.56. The quantitative estimate of drug-likeness (QED) is 0.902. The zero-order valence-electron chi connectivity index (χ0n) is 11.3. The van der Waals surface area contributed by atoms with Crippen LogP contribution < -0.4 is 9.46 Å². The summed E-state index contributed by atoms with van der Waals surface area (Å²) in [6, 6.07) is 11.3. The third-order valence-electron chi connectivity index (χ3n) is 2.79. The first-order chi connectivity index (χ1) is 10.1. The van der Waals surface area contributed by atoms with E-state index in [4.69, 9.17) is 10.00 Å². The van der Waals surface area contributed by atoms with E-state index in [-0.39, 0.29) is 17.0 Å². The minimum Gasteiger partial charge on any atom is -0.481 e. The van der Waals surface area contributed by atoms with E-state index < -0.39 is 10.0 Å². The Morgan fingerprint density at radius 2 is 2.05 bits per heavy atom. The molecule has 0 radical (unpaired) electrons. The molecule has 0 unspecified atom stereocenters. The number of nitrogens with zero attached hydrogens (tertiary/aromatic N) is 2. The van der Waals surface area contributed by atoms with Gasteiger partial charge in [0.05, 0.1) is 17.6 Å². The number of hydrogen-bond acceptors (Lipinski definition) is 5. The molecule has 1 aromatic carbocycles. The summed E-state index contributed by atoms with van der Waals surface area (Å²) in [5.74, 6) is 0.355. The number of sulfonamides is 1. The van der Waals surface area contributed by atoms with Gasteiger partial charge in [0, 0.05) is 18.3 Å². The molecule has 2 rings (SSSR count). The first kappa shape index (κ1) is 15.0. The fraction of sp³-hybridized carbons (Fsp3) is 0.143. The van der Waals surface area contributed by atoms with Gasteiger partial charge in [0.2, 0.25) is 15.9 Å². The molecule has 2 aromatic rings. The van der Waals surface area contributed by atoms with Gasteiger partial charge in [0.15, 0.2) is 0 Å². The van der Waals surface area contributed by atoms with E-state index in [0.29, 0.717) is 11.4 Å². The number of benzene rings is 1. The molecule has 0 fully saturated rings. The first-order valence-electron chi connectivity index (χ1n) is 6.05. The van der Waals surface area contributed by atoms with Crippen LogP contribution in [0.25, 0.3) is 0 Å². The SMILES string of the molecule is COc1ncccc1CNS(=O)(=O)c1ccccc1C#N. The molecule has 0 aliphatic rings. The summed E-state index contributed by atoms with van der Waals surface area (Å²) in [5.41, 5.74) is 0.709. The average molecular weight is 303 g/mol. The number of nitriles is 1. The normalized spacial score (nSPS) is 10.9. The summed E-state index contributed by atoms with van der Waals surface area (Å²) >= 11 is 0. The summed E-state index contributed by atoms with van der Waals surface area (Å²) in [4.78, 5) is 3.95. The molecule has 6 nitrogen and oxygen atoms in total. The Hall–Kier alpha value is -2.43. The highest BCUT2D eigenvalue weighted by atomic mass is 32.2. The molecule has 0 atom stereocenters. The summed E-state index contributed by atoms with van der Waals surface area (Å²) in [7, 11) is -2.32. The molecule has 0 saturated heterocycles. The van der Waals surface area contributed by atoms with Crippen LogP contribution in [0, 0.1) is 11.3 Å². The Morgan fingerprint density at radius 3 is 2.76 bits per heavy atom. The number of ether oxygens (including phenoxy) is 1. The molecule has 0 saturated carbocycles. The zero-order chi connectivity index (χ0) is 15.3. The smallest absolute Gasteiger partial charge is 0.242 e. The number of rotatable bonds is 5. The van der Waals surface area contributed by atoms with Crippen molar-refractivity contribution in [3.8, 4) is 11.9 Å². The molecule has 108 valence electrons. The van der Waals surface area contributed by atoms with Gasteiger partial charge in [-0.1, -0.05) is 18.2 Å². The van der Waals surface area contributed by atoms with Gasteiger partial charge in [-0.25, -0.2) is 18.1 Å². The maximum Gasteiger partial charge on any atom is 0.242 e. The van der Waals surface area contributed by atoms with Crippen molar-refractivity contribution in [1.29, 1.82) is 5.26 Å². The Labute approximate surface area is 123 Å². The molecule has 1 aromatic heterocycles. The number of aromatic nitrogens is 1. The predicted molar refractivity (Wildman–Crippen MR) is 76.0 cm³/mol. The molecule has 0 amide bonds. The second-order valence-corrected chi connectivity index (χ2v) is 5.84. The van der Waals surface area contributed by atoms with E-state index in [1.807, 2.05) is 6.07 Å². The largest absolute Gasteiger partial charge is 0.481 e. The minimum absolute atomic E-state index is 0.0269. The van der Waals surface area contributed by atoms with E-state index in [1.54, 1.807) is 30.5 Å². The van der Waals surface area contributed by atoms with Crippen LogP contribution in [0.4, 0.5) is 0 Å². The molecule has 0 aliphatic carbocycles. The van der Waals surface area contributed by atoms with Crippen LogP contribution in [-0.2, 0) is 16.6 Å². The molecule has 1 heterocycles. The molecule has 0 aliphatic heterocycles. The van der Waals surface area contributed by atoms with Crippen LogP contribution in [0.15, 0.2) is 47.5 Å². The van der Waals surface area contributed by atoms with E-state index >= 15 is 0 Å². The third kappa shape index (κ3) is 3.37. The van der Waals surface area contributed by atoms with Crippen LogP contribution in [0.3, 0.4) is 0 Å². The second-order valence-electron chi connectivity index (χ2n) is 4.10. The lowest BCUT2D eigenvalue weighted by molar-refractivity contribution is 0.392. The third-order valence-corrected chi connectivity index (χ3v) is 4.25. The lowest BCUT2D eigenvalue weighted by Gasteiger charge is -2.10. The van der Waals surface area contributed by atoms with Gasteiger partial charge in [0.1, 0.15) is 6.07 Å². The van der Waals surface area contributed by atoms with E-state index in [0.717, 1.165) is 0 Å². The number of nitrogens with one attached hydrogen (secondary N) is 1. The molecule has 1 N–H and O–H groups in total. The topological polar surface area (TPSA) is 92.1 Å². The van der Waals surface area contributed by atoms with Gasteiger partial charge in [-0.3, -0.25) is 0 Å². The average Bonchev–Trinajstić information content (AvgIpc) is 2.53. The van der Waals surface area contributed by atoms with Crippen molar-refractivity contribution in [2.24, 2.45) is 0 Å². The van der Waals surface area contributed by atoms with E-state index in [9.17, 15) is 8.42 Å². The van der Waals surface area contributed by atoms with Crippen LogP contribution in [0.2, 0.25) is 0 Å². The maximum atomic E-state index is 12.3. The molecule has 0 spiro atoms. The van der Waals surface area contributed by atoms with Gasteiger partial charge < -0.3 is 4.74 Å². The lowest BCUT2D eigenvalue weighted by Crippen LogP contribution is -2.24. The summed E-state index contributed by atoms with van der Waals surface area (Å²) in [6.45, 7) is 0.0269. The highest BCUT2D eigenvalue weighted by Gasteiger charge is 2.18. The zero-order valence-corrected chi connectivity index (χ0v) is 12.1. The van der Waals surface area contributed by atoms with Crippen molar-refractivity contribution < 1.29 is 13.2 Å². The van der Waals surface area contributed by atoms with Crippen LogP contribution >= 0.6 is 0 Å². The highest BCUT2D eigenvalue weighted by molar-refractivity contribution is 7.89. The standard InChI is InChI=1S/C14H13N3O3S/c1-20-14-12(6-4-8-16-14)10-17-21(18,19)13-7-3-2-5-11(13)9-15/h2-8,17H,10H2,1H3. The fourth-order valence-electron chi connectivity index (χ4n) is 1.79. The van der Waals surface area contributed by atoms with Crippen LogP contribution in [0.5, 0.6) is 5.88 Å². The number of methoxy groups -OCH3 is 1. The Bertz CT molecular complexity index is 782. The molecule has 0 bridgehead atoms. The second kappa shape index (κ2) is 6.35. The Balaban J connectivity index is 2.25. The first-order valence-corrected chi connectivity index (χ1v) is 7.53. The van der Waals surface area contributed by atoms with Gasteiger partial charge >= 0.3 is 0 Å². The van der Waals surface area contributed by atoms with Crippen molar-refractivity contribution in [3.63, 3.8) is 0 Å². The van der Waals surface area contributed by atoms with Crippen molar-refractivity contribution in [3.05, 3.63) is 53.7 Å². The monoisotopic (exact) mass is 303 g/mol. The minimum atomic E-state index is -3.78. The Kier molecular flexibility index (Phi) is 4.52. The van der Waals surface area contributed by atoms with E-state index in [2.05, 4.69) is 9.71 Å². The van der Waals surface area contributed by atoms with Crippen molar-refractivity contribution >= 4 is 10.0 Å². The van der Waals surface area contributed by atoms with Gasteiger partial charge in [-0.05, 0) is 18.2 Å². The fourth-order valence-corrected chi connectivity index (χ4v) is 2.95. The van der Waals surface area contributed by atoms with Gasteiger partial charge in [0.25, 0.3) is 0 Å².